The summed E-state index contributed by atoms with van der Waals surface area (Å²) >= 11 is 1.79. The molecule has 2 aromatic carbocycles. The monoisotopic (exact) mass is 502 g/mol. The molecule has 2 aromatic rings. The molecule has 1 aliphatic rings. The molecule has 5 atom stereocenters. The Morgan fingerprint density at radius 1 is 0.824 bits per heavy atom. The Kier molecular flexibility index (Phi) is 9.84. The zero-order chi connectivity index (χ0) is 24.8. The fraction of sp³-hybridized carbons (Fsp3) is 0.571. The molecule has 34 heavy (non-hydrogen) atoms. The summed E-state index contributed by atoms with van der Waals surface area (Å²) in [6.45, 7) is 16.7. The van der Waals surface area contributed by atoms with Gasteiger partial charge in [0.1, 0.15) is 23.7 Å². The largest absolute Gasteiger partial charge is 0.408 e. The topological polar surface area (TPSA) is 36.9 Å². The van der Waals surface area contributed by atoms with Crippen LogP contribution in [0.4, 0.5) is 0 Å². The molecule has 0 saturated carbocycles. The van der Waals surface area contributed by atoms with Crippen molar-refractivity contribution in [2.24, 2.45) is 0 Å². The molecular weight excluding hydrogens is 460 g/mol. The smallest absolute Gasteiger partial charge is 0.192 e. The highest BCUT2D eigenvalue weighted by molar-refractivity contribution is 7.99. The Balaban J connectivity index is 1.89. The summed E-state index contributed by atoms with van der Waals surface area (Å²) < 4.78 is 26.7. The van der Waals surface area contributed by atoms with E-state index in [2.05, 4.69) is 72.0 Å². The second-order valence-electron chi connectivity index (χ2n) is 10.5. The second-order valence-corrected chi connectivity index (χ2v) is 16.7. The maximum atomic E-state index is 7.09. The lowest BCUT2D eigenvalue weighted by Crippen LogP contribution is -2.62. The van der Waals surface area contributed by atoms with Crippen molar-refractivity contribution in [3.63, 3.8) is 0 Å². The number of benzene rings is 2. The lowest BCUT2D eigenvalue weighted by atomic mass is 10.00. The van der Waals surface area contributed by atoms with Gasteiger partial charge in [0, 0.05) is 0 Å². The lowest BCUT2D eigenvalue weighted by molar-refractivity contribution is -0.222. The molecule has 0 amide bonds. The van der Waals surface area contributed by atoms with Gasteiger partial charge in [-0.25, -0.2) is 0 Å². The van der Waals surface area contributed by atoms with Gasteiger partial charge < -0.3 is 18.6 Å². The van der Waals surface area contributed by atoms with Crippen LogP contribution in [0, 0.1) is 0 Å². The van der Waals surface area contributed by atoms with Crippen molar-refractivity contribution in [2.75, 3.05) is 5.75 Å². The van der Waals surface area contributed by atoms with Crippen molar-refractivity contribution in [2.45, 2.75) is 95.8 Å². The summed E-state index contributed by atoms with van der Waals surface area (Å²) in [6.07, 6.45) is -0.750. The Labute approximate surface area is 211 Å². The van der Waals surface area contributed by atoms with Crippen LogP contribution in [0.1, 0.15) is 45.7 Å². The van der Waals surface area contributed by atoms with Crippen LogP contribution >= 0.6 is 11.8 Å². The maximum Gasteiger partial charge on any atom is 0.192 e. The van der Waals surface area contributed by atoms with E-state index in [1.54, 1.807) is 11.8 Å². The Morgan fingerprint density at radius 3 is 1.79 bits per heavy atom. The predicted molar refractivity (Wildman–Crippen MR) is 145 cm³/mol. The van der Waals surface area contributed by atoms with Gasteiger partial charge in [-0.15, -0.1) is 11.8 Å². The molecule has 1 saturated heterocycles. The van der Waals surface area contributed by atoms with Gasteiger partial charge in [-0.3, -0.25) is 0 Å². The molecule has 0 aromatic heterocycles. The van der Waals surface area contributed by atoms with Gasteiger partial charge >= 0.3 is 0 Å². The molecule has 3 rings (SSSR count). The summed E-state index contributed by atoms with van der Waals surface area (Å²) in [5.74, 6) is 0.949. The minimum absolute atomic E-state index is 0.0793. The van der Waals surface area contributed by atoms with Gasteiger partial charge in [-0.05, 0) is 41.9 Å². The van der Waals surface area contributed by atoms with Crippen LogP contribution in [-0.4, -0.2) is 43.9 Å². The Bertz CT molecular complexity index is 856. The first-order valence-electron chi connectivity index (χ1n) is 12.4. The molecule has 6 heteroatoms. The number of hydrogen-bond acceptors (Lipinski definition) is 5. The van der Waals surface area contributed by atoms with Gasteiger partial charge in [0.2, 0.25) is 0 Å². The number of rotatable bonds is 10. The third kappa shape index (κ3) is 7.18. The highest BCUT2D eigenvalue weighted by atomic mass is 32.2. The average Bonchev–Trinajstić information content (AvgIpc) is 2.79. The van der Waals surface area contributed by atoms with Crippen LogP contribution < -0.4 is 0 Å². The molecule has 0 aliphatic carbocycles. The van der Waals surface area contributed by atoms with Gasteiger partial charge in [0.05, 0.1) is 19.3 Å². The Hall–Kier alpha value is -1.15. The minimum atomic E-state index is -2.10. The number of ether oxygens (including phenoxy) is 3. The molecule has 1 heterocycles. The summed E-state index contributed by atoms with van der Waals surface area (Å²) in [5.41, 5.74) is 2.19. The van der Waals surface area contributed by atoms with Crippen molar-refractivity contribution in [3.8, 4) is 0 Å². The quantitative estimate of drug-likeness (QED) is 0.326. The predicted octanol–water partition coefficient (Wildman–Crippen LogP) is 7.05. The first kappa shape index (κ1) is 27.4. The van der Waals surface area contributed by atoms with E-state index in [1.807, 2.05) is 36.4 Å². The second kappa shape index (κ2) is 12.2. The zero-order valence-corrected chi connectivity index (χ0v) is 23.6. The van der Waals surface area contributed by atoms with Gasteiger partial charge in [0.25, 0.3) is 0 Å². The molecule has 4 nitrogen and oxygen atoms in total. The van der Waals surface area contributed by atoms with E-state index in [0.717, 1.165) is 16.9 Å². The summed E-state index contributed by atoms with van der Waals surface area (Å²) in [5, 5.41) is 0.0793. The maximum absolute atomic E-state index is 7.09. The van der Waals surface area contributed by atoms with Crippen molar-refractivity contribution < 1.29 is 18.6 Å². The molecular formula is C28H42O4SSi. The molecule has 0 bridgehead atoms. The number of hydrogen-bond donors (Lipinski definition) is 0. The van der Waals surface area contributed by atoms with Gasteiger partial charge in [0.15, 0.2) is 8.32 Å². The summed E-state index contributed by atoms with van der Waals surface area (Å²) in [7, 11) is -2.10. The third-order valence-corrected chi connectivity index (χ3v) is 12.4. The van der Waals surface area contributed by atoms with Gasteiger partial charge in [-0.2, -0.15) is 0 Å². The highest BCUT2D eigenvalue weighted by Gasteiger charge is 2.50. The van der Waals surface area contributed by atoms with Crippen molar-refractivity contribution in [1.82, 2.24) is 0 Å². The summed E-state index contributed by atoms with van der Waals surface area (Å²) in [4.78, 5) is 0. The van der Waals surface area contributed by atoms with E-state index in [9.17, 15) is 0 Å². The van der Waals surface area contributed by atoms with Crippen LogP contribution in [0.3, 0.4) is 0 Å². The number of thioether (sulfide) groups is 1. The van der Waals surface area contributed by atoms with Crippen molar-refractivity contribution >= 4 is 20.1 Å². The molecule has 0 N–H and O–H groups in total. The third-order valence-electron chi connectivity index (χ3n) is 6.87. The van der Waals surface area contributed by atoms with Crippen LogP contribution in [0.25, 0.3) is 0 Å². The van der Waals surface area contributed by atoms with E-state index in [0.29, 0.717) is 13.2 Å². The van der Waals surface area contributed by atoms with E-state index in [1.165, 1.54) is 0 Å². The van der Waals surface area contributed by atoms with Crippen LogP contribution in [-0.2, 0) is 31.9 Å². The lowest BCUT2D eigenvalue weighted by Gasteiger charge is -2.49. The minimum Gasteiger partial charge on any atom is -0.408 e. The fourth-order valence-corrected chi connectivity index (χ4v) is 6.17. The molecule has 0 radical (unpaired) electrons. The van der Waals surface area contributed by atoms with Crippen LogP contribution in [0.15, 0.2) is 60.7 Å². The van der Waals surface area contributed by atoms with E-state index in [-0.39, 0.29) is 34.9 Å². The fourth-order valence-electron chi connectivity index (χ4n) is 3.86. The standard InChI is InChI=1S/C28H42O4SSi/c1-8-33-27-26(30-20-23-17-13-10-14-18-23)25(32-34(6,7)28(3,4)5)24(21(2)31-27)29-19-22-15-11-9-12-16-22/h9-18,21,24-27H,8,19-20H2,1-7H3/t21-,24+,25+,26-,27+/m0/s1. The first-order chi connectivity index (χ1) is 16.1. The van der Waals surface area contributed by atoms with E-state index in [4.69, 9.17) is 18.6 Å². The van der Waals surface area contributed by atoms with Crippen molar-refractivity contribution in [1.29, 1.82) is 0 Å². The van der Waals surface area contributed by atoms with Crippen molar-refractivity contribution in [3.05, 3.63) is 71.8 Å². The average molecular weight is 503 g/mol. The first-order valence-corrected chi connectivity index (χ1v) is 16.3. The zero-order valence-electron chi connectivity index (χ0n) is 21.8. The molecule has 188 valence electrons. The normalized spacial score (nSPS) is 25.9. The molecule has 0 spiro atoms. The Morgan fingerprint density at radius 2 is 1.32 bits per heavy atom. The van der Waals surface area contributed by atoms with E-state index < -0.39 is 8.32 Å². The van der Waals surface area contributed by atoms with Crippen LogP contribution in [0.2, 0.25) is 18.1 Å². The van der Waals surface area contributed by atoms with E-state index >= 15 is 0 Å². The SMILES string of the molecule is CCS[C@H]1O[C@@H](C)[C@@H](OCc2ccccc2)[C@@H](O[Si](C)(C)C(C)(C)C)[C@@H]1OCc1ccccc1. The summed E-state index contributed by atoms with van der Waals surface area (Å²) in [6, 6.07) is 20.6. The molecule has 1 aliphatic heterocycles. The molecule has 0 unspecified atom stereocenters. The highest BCUT2D eigenvalue weighted by Crippen LogP contribution is 2.42. The van der Waals surface area contributed by atoms with Crippen LogP contribution in [0.5, 0.6) is 0 Å². The van der Waals surface area contributed by atoms with Gasteiger partial charge in [-0.1, -0.05) is 88.4 Å². The molecule has 1 fully saturated rings.